The number of nitrogens with zero attached hydrogens (tertiary/aromatic N) is 2. The van der Waals surface area contributed by atoms with Crippen molar-refractivity contribution in [1.82, 2.24) is 15.2 Å². The number of furan rings is 1. The number of aryl methyl sites for hydroxylation is 2. The van der Waals surface area contributed by atoms with Gasteiger partial charge >= 0.3 is 5.97 Å². The van der Waals surface area contributed by atoms with Crippen molar-refractivity contribution in [3.8, 4) is 11.3 Å². The van der Waals surface area contributed by atoms with Crippen molar-refractivity contribution >= 4 is 34.9 Å². The fraction of sp³-hybridized carbons (Fsp3) is 0.200. The summed E-state index contributed by atoms with van der Waals surface area (Å²) in [5, 5.41) is 16.1. The summed E-state index contributed by atoms with van der Waals surface area (Å²) in [6.45, 7) is 4.33. The molecule has 2 atom stereocenters. The number of carboxylic acids is 1. The van der Waals surface area contributed by atoms with E-state index in [2.05, 4.69) is 15.6 Å². The Bertz CT molecular complexity index is 1520. The second-order valence-electron chi connectivity index (χ2n) is 9.52. The lowest BCUT2D eigenvalue weighted by Gasteiger charge is -2.26. The Morgan fingerprint density at radius 3 is 2.59 bits per heavy atom. The van der Waals surface area contributed by atoms with E-state index >= 15 is 0 Å². The van der Waals surface area contributed by atoms with Gasteiger partial charge in [0.1, 0.15) is 17.6 Å². The summed E-state index contributed by atoms with van der Waals surface area (Å²) < 4.78 is 6.30. The van der Waals surface area contributed by atoms with E-state index in [1.807, 2.05) is 67.3 Å². The van der Waals surface area contributed by atoms with Crippen molar-refractivity contribution in [2.45, 2.75) is 32.4 Å². The van der Waals surface area contributed by atoms with Crippen LogP contribution in [0, 0.1) is 13.8 Å². The fourth-order valence-electron chi connectivity index (χ4n) is 4.70. The second-order valence-corrected chi connectivity index (χ2v) is 9.91. The van der Waals surface area contributed by atoms with Crippen molar-refractivity contribution in [1.29, 1.82) is 0 Å². The molecule has 9 heteroatoms. The first kappa shape index (κ1) is 26.1. The molecule has 2 unspecified atom stereocenters. The second kappa shape index (κ2) is 11.1. The number of aromatic nitrogens is 1. The number of carboxylic acid groups (broad SMARTS) is 1. The standard InChI is InChI=1S/C30H28N4O4S/c1-18-6-7-19(2)23(17-18)32-26(35)14-16-34-28(27(33-30(34)39)22-5-3-4-15-31-22)25-13-12-24(38-25)20-8-10-21(11-9-20)29(36)37/h3-13,15,17,27-28H,14,16H2,1-2H3,(H,32,35)(H,33,39)(H,36,37). The van der Waals surface area contributed by atoms with Gasteiger partial charge in [-0.1, -0.05) is 30.3 Å². The van der Waals surface area contributed by atoms with E-state index in [-0.39, 0.29) is 30.0 Å². The van der Waals surface area contributed by atoms with Crippen molar-refractivity contribution in [3.63, 3.8) is 0 Å². The number of aromatic carboxylic acids is 1. The predicted molar refractivity (Wildman–Crippen MR) is 152 cm³/mol. The average Bonchev–Trinajstić information content (AvgIpc) is 3.54. The Labute approximate surface area is 231 Å². The van der Waals surface area contributed by atoms with Crippen LogP contribution in [0.5, 0.6) is 0 Å². The van der Waals surface area contributed by atoms with Crippen LogP contribution in [0.25, 0.3) is 11.3 Å². The van der Waals surface area contributed by atoms with Gasteiger partial charge < -0.3 is 25.1 Å². The highest BCUT2D eigenvalue weighted by Crippen LogP contribution is 2.40. The van der Waals surface area contributed by atoms with E-state index in [0.717, 1.165) is 28.1 Å². The molecule has 3 heterocycles. The Kier molecular flexibility index (Phi) is 7.42. The topological polar surface area (TPSA) is 108 Å². The summed E-state index contributed by atoms with van der Waals surface area (Å²) in [6.07, 6.45) is 1.96. The minimum atomic E-state index is -0.984. The molecule has 1 saturated heterocycles. The number of anilines is 1. The third kappa shape index (κ3) is 5.68. The maximum absolute atomic E-state index is 12.9. The van der Waals surface area contributed by atoms with Gasteiger partial charge in [0.05, 0.1) is 17.3 Å². The van der Waals surface area contributed by atoms with Crippen LogP contribution < -0.4 is 10.6 Å². The summed E-state index contributed by atoms with van der Waals surface area (Å²) in [7, 11) is 0. The molecule has 1 aliphatic rings. The van der Waals surface area contributed by atoms with Crippen LogP contribution in [0.2, 0.25) is 0 Å². The maximum atomic E-state index is 12.9. The minimum absolute atomic E-state index is 0.106. The van der Waals surface area contributed by atoms with Crippen molar-refractivity contribution in [2.75, 3.05) is 11.9 Å². The summed E-state index contributed by atoms with van der Waals surface area (Å²) in [4.78, 5) is 30.7. The molecule has 2 aromatic heterocycles. The summed E-state index contributed by atoms with van der Waals surface area (Å²) in [5.74, 6) is 0.172. The molecule has 2 aromatic carbocycles. The number of hydrogen-bond acceptors (Lipinski definition) is 5. The molecular formula is C30H28N4O4S. The smallest absolute Gasteiger partial charge is 0.335 e. The zero-order valence-electron chi connectivity index (χ0n) is 21.5. The van der Waals surface area contributed by atoms with Gasteiger partial charge in [0.25, 0.3) is 0 Å². The number of carbonyl (C=O) groups is 2. The van der Waals surface area contributed by atoms with Gasteiger partial charge in [-0.05, 0) is 79.7 Å². The quantitative estimate of drug-likeness (QED) is 0.246. The molecule has 1 fully saturated rings. The summed E-state index contributed by atoms with van der Waals surface area (Å²) >= 11 is 5.71. The lowest BCUT2D eigenvalue weighted by molar-refractivity contribution is -0.116. The molecule has 0 spiro atoms. The molecule has 0 saturated carbocycles. The molecule has 39 heavy (non-hydrogen) atoms. The maximum Gasteiger partial charge on any atom is 0.335 e. The number of hydrogen-bond donors (Lipinski definition) is 3. The zero-order valence-corrected chi connectivity index (χ0v) is 22.4. The molecule has 198 valence electrons. The largest absolute Gasteiger partial charge is 0.478 e. The van der Waals surface area contributed by atoms with Crippen molar-refractivity contribution in [2.24, 2.45) is 0 Å². The van der Waals surface area contributed by atoms with Crippen LogP contribution >= 0.6 is 12.2 Å². The van der Waals surface area contributed by atoms with Crippen LogP contribution in [0.1, 0.15) is 51.4 Å². The van der Waals surface area contributed by atoms with Crippen molar-refractivity contribution in [3.05, 3.63) is 107 Å². The molecule has 1 aliphatic heterocycles. The molecule has 1 amide bonds. The van der Waals surface area contributed by atoms with Crippen LogP contribution in [-0.2, 0) is 4.79 Å². The first-order valence-corrected chi connectivity index (χ1v) is 13.0. The first-order chi connectivity index (χ1) is 18.8. The van der Waals surface area contributed by atoms with Gasteiger partial charge in [0, 0.05) is 30.4 Å². The Balaban J connectivity index is 1.39. The van der Waals surface area contributed by atoms with Gasteiger partial charge in [-0.3, -0.25) is 9.78 Å². The Morgan fingerprint density at radius 1 is 1.08 bits per heavy atom. The van der Waals surface area contributed by atoms with E-state index in [4.69, 9.17) is 16.6 Å². The van der Waals surface area contributed by atoms with Gasteiger partial charge in [-0.25, -0.2) is 4.79 Å². The number of pyridine rings is 1. The van der Waals surface area contributed by atoms with E-state index in [1.165, 1.54) is 0 Å². The van der Waals surface area contributed by atoms with E-state index in [1.54, 1.807) is 30.5 Å². The Morgan fingerprint density at radius 2 is 1.87 bits per heavy atom. The molecule has 8 nitrogen and oxygen atoms in total. The van der Waals surface area contributed by atoms with Gasteiger partial charge in [0.15, 0.2) is 5.11 Å². The molecular weight excluding hydrogens is 512 g/mol. The third-order valence-corrected chi connectivity index (χ3v) is 7.13. The molecule has 5 rings (SSSR count). The fourth-order valence-corrected chi connectivity index (χ4v) is 5.04. The summed E-state index contributed by atoms with van der Waals surface area (Å²) in [5.41, 5.74) is 4.64. The summed E-state index contributed by atoms with van der Waals surface area (Å²) in [6, 6.07) is 21.3. The average molecular weight is 541 g/mol. The van der Waals surface area contributed by atoms with Crippen LogP contribution in [-0.4, -0.2) is 38.5 Å². The van der Waals surface area contributed by atoms with Crippen molar-refractivity contribution < 1.29 is 19.1 Å². The van der Waals surface area contributed by atoms with E-state index in [9.17, 15) is 14.7 Å². The van der Waals surface area contributed by atoms with Crippen LogP contribution in [0.4, 0.5) is 5.69 Å². The third-order valence-electron chi connectivity index (χ3n) is 6.78. The van der Waals surface area contributed by atoms with Gasteiger partial charge in [-0.2, -0.15) is 0 Å². The Hall–Kier alpha value is -4.50. The SMILES string of the molecule is Cc1ccc(C)c(NC(=O)CCN2C(=S)NC(c3ccccn3)C2c2ccc(-c3ccc(C(=O)O)cc3)o2)c1. The molecule has 0 aliphatic carbocycles. The first-order valence-electron chi connectivity index (χ1n) is 12.6. The number of rotatable bonds is 8. The molecule has 3 N–H and O–H groups in total. The van der Waals surface area contributed by atoms with Gasteiger partial charge in [-0.15, -0.1) is 0 Å². The van der Waals surface area contributed by atoms with Crippen LogP contribution in [0.3, 0.4) is 0 Å². The van der Waals surface area contributed by atoms with E-state index < -0.39 is 5.97 Å². The highest BCUT2D eigenvalue weighted by atomic mass is 32.1. The normalized spacial score (nSPS) is 16.7. The lowest BCUT2D eigenvalue weighted by atomic mass is 10.0. The molecule has 0 radical (unpaired) electrons. The molecule has 4 aromatic rings. The molecule has 0 bridgehead atoms. The highest BCUT2D eigenvalue weighted by Gasteiger charge is 2.41. The predicted octanol–water partition coefficient (Wildman–Crippen LogP) is 5.66. The number of carbonyl (C=O) groups excluding carboxylic acids is 1. The number of benzene rings is 2. The van der Waals surface area contributed by atoms with Gasteiger partial charge in [0.2, 0.25) is 5.91 Å². The zero-order chi connectivity index (χ0) is 27.5. The number of nitrogens with one attached hydrogen (secondary N) is 2. The van der Waals surface area contributed by atoms with Crippen LogP contribution in [0.15, 0.2) is 83.4 Å². The number of amides is 1. The minimum Gasteiger partial charge on any atom is -0.478 e. The number of thiocarbonyl (C=S) groups is 1. The lowest BCUT2D eigenvalue weighted by Crippen LogP contribution is -2.32. The monoisotopic (exact) mass is 540 g/mol. The highest BCUT2D eigenvalue weighted by molar-refractivity contribution is 7.80. The van der Waals surface area contributed by atoms with E-state index in [0.29, 0.717) is 23.2 Å².